The topological polar surface area (TPSA) is 70.1 Å². The molecule has 0 aliphatic heterocycles. The van der Waals surface area contributed by atoms with Crippen molar-refractivity contribution in [2.75, 3.05) is 19.1 Å². The Kier molecular flexibility index (Phi) is 3.57. The zero-order valence-electron chi connectivity index (χ0n) is 10.1. The van der Waals surface area contributed by atoms with Crippen molar-refractivity contribution in [3.8, 4) is 5.69 Å². The Hall–Kier alpha value is -1.95. The molecule has 0 saturated carbocycles. The van der Waals surface area contributed by atoms with E-state index in [1.54, 1.807) is 11.8 Å². The molecule has 0 saturated heterocycles. The number of nitrogens with zero attached hydrogens (tertiary/aromatic N) is 2. The monoisotopic (exact) mass is 263 g/mol. The van der Waals surface area contributed by atoms with E-state index in [2.05, 4.69) is 9.84 Å². The molecule has 6 heteroatoms. The number of aromatic nitrogens is 2. The van der Waals surface area contributed by atoms with Crippen molar-refractivity contribution in [3.05, 3.63) is 36.0 Å². The number of methoxy groups -OCH3 is 1. The predicted octanol–water partition coefficient (Wildman–Crippen LogP) is 1.96. The highest BCUT2D eigenvalue weighted by atomic mass is 32.2. The maximum atomic E-state index is 11.4. The van der Waals surface area contributed by atoms with Gasteiger partial charge in [0.1, 0.15) is 11.4 Å². The molecule has 0 fully saturated rings. The molecule has 0 bridgehead atoms. The molecule has 5 nitrogen and oxygen atoms in total. The fourth-order valence-electron chi connectivity index (χ4n) is 1.57. The third-order valence-corrected chi connectivity index (χ3v) is 3.23. The Morgan fingerprint density at radius 2 is 2.28 bits per heavy atom. The van der Waals surface area contributed by atoms with Gasteiger partial charge in [0.05, 0.1) is 19.0 Å². The first-order valence-electron chi connectivity index (χ1n) is 5.23. The van der Waals surface area contributed by atoms with E-state index < -0.39 is 5.97 Å². The van der Waals surface area contributed by atoms with Crippen LogP contribution < -0.4 is 5.73 Å². The van der Waals surface area contributed by atoms with Crippen LogP contribution in [0.3, 0.4) is 0 Å². The van der Waals surface area contributed by atoms with Crippen LogP contribution in [0.5, 0.6) is 0 Å². The molecule has 0 radical (unpaired) electrons. The second-order valence-electron chi connectivity index (χ2n) is 3.55. The van der Waals surface area contributed by atoms with Crippen LogP contribution in [0.25, 0.3) is 5.69 Å². The van der Waals surface area contributed by atoms with E-state index in [1.807, 2.05) is 30.5 Å². The van der Waals surface area contributed by atoms with Crippen LogP contribution in [-0.4, -0.2) is 29.1 Å². The molecule has 2 aromatic rings. The van der Waals surface area contributed by atoms with E-state index >= 15 is 0 Å². The van der Waals surface area contributed by atoms with Gasteiger partial charge in [0.25, 0.3) is 0 Å². The van der Waals surface area contributed by atoms with Crippen molar-refractivity contribution in [3.63, 3.8) is 0 Å². The minimum atomic E-state index is -0.486. The van der Waals surface area contributed by atoms with Crippen LogP contribution in [0, 0.1) is 0 Å². The van der Waals surface area contributed by atoms with Crippen molar-refractivity contribution in [2.24, 2.45) is 0 Å². The van der Waals surface area contributed by atoms with Gasteiger partial charge in [-0.15, -0.1) is 11.8 Å². The van der Waals surface area contributed by atoms with E-state index in [4.69, 9.17) is 5.73 Å². The summed E-state index contributed by atoms with van der Waals surface area (Å²) < 4.78 is 6.15. The minimum absolute atomic E-state index is 0.270. The van der Waals surface area contributed by atoms with E-state index in [1.165, 1.54) is 18.0 Å². The molecule has 0 aliphatic rings. The highest BCUT2D eigenvalue weighted by molar-refractivity contribution is 7.98. The summed E-state index contributed by atoms with van der Waals surface area (Å²) in [5.41, 5.74) is 6.98. The lowest BCUT2D eigenvalue weighted by molar-refractivity contribution is 0.0602. The number of benzene rings is 1. The average Bonchev–Trinajstić information content (AvgIpc) is 2.80. The molecule has 0 aliphatic carbocycles. The number of esters is 1. The quantitative estimate of drug-likeness (QED) is 0.677. The molecule has 0 spiro atoms. The Morgan fingerprint density at radius 3 is 2.94 bits per heavy atom. The number of ether oxygens (including phenoxy) is 1. The van der Waals surface area contributed by atoms with Gasteiger partial charge in [-0.2, -0.15) is 5.10 Å². The number of nitrogen functional groups attached to an aromatic ring is 1. The normalized spacial score (nSPS) is 10.3. The van der Waals surface area contributed by atoms with Gasteiger partial charge in [0, 0.05) is 4.90 Å². The smallest absolute Gasteiger partial charge is 0.343 e. The second kappa shape index (κ2) is 5.14. The van der Waals surface area contributed by atoms with Gasteiger partial charge < -0.3 is 10.5 Å². The fraction of sp³-hybridized carbons (Fsp3) is 0.167. The lowest BCUT2D eigenvalue weighted by Gasteiger charge is -2.06. The van der Waals surface area contributed by atoms with Crippen LogP contribution in [-0.2, 0) is 4.74 Å². The molecule has 1 aromatic heterocycles. The number of rotatable bonds is 3. The third-order valence-electron chi connectivity index (χ3n) is 2.51. The standard InChI is InChI=1S/C12H13N3O2S/c1-17-12(16)10-7-14-15(11(10)13)8-4-3-5-9(6-8)18-2/h3-7H,13H2,1-2H3. The zero-order valence-corrected chi connectivity index (χ0v) is 10.9. The first kappa shape index (κ1) is 12.5. The second-order valence-corrected chi connectivity index (χ2v) is 4.43. The molecule has 0 unspecified atom stereocenters. The number of carbonyl (C=O) groups excluding carboxylic acids is 1. The number of anilines is 1. The van der Waals surface area contributed by atoms with Crippen LogP contribution in [0.1, 0.15) is 10.4 Å². The van der Waals surface area contributed by atoms with Gasteiger partial charge >= 0.3 is 5.97 Å². The van der Waals surface area contributed by atoms with Gasteiger partial charge in [-0.1, -0.05) is 6.07 Å². The predicted molar refractivity (Wildman–Crippen MR) is 71.1 cm³/mol. The lowest BCUT2D eigenvalue weighted by Crippen LogP contribution is -2.07. The van der Waals surface area contributed by atoms with E-state index in [9.17, 15) is 4.79 Å². The molecular formula is C12H13N3O2S. The average molecular weight is 263 g/mol. The van der Waals surface area contributed by atoms with Crippen molar-refractivity contribution in [1.29, 1.82) is 0 Å². The summed E-state index contributed by atoms with van der Waals surface area (Å²) in [6, 6.07) is 7.74. The molecule has 0 atom stereocenters. The van der Waals surface area contributed by atoms with Crippen LogP contribution >= 0.6 is 11.8 Å². The number of nitrogens with two attached hydrogens (primary N) is 1. The van der Waals surface area contributed by atoms with Crippen molar-refractivity contribution in [1.82, 2.24) is 9.78 Å². The molecular weight excluding hydrogens is 250 g/mol. The summed E-state index contributed by atoms with van der Waals surface area (Å²) in [6.45, 7) is 0. The van der Waals surface area contributed by atoms with E-state index in [-0.39, 0.29) is 11.4 Å². The Bertz CT molecular complexity index is 580. The summed E-state index contributed by atoms with van der Waals surface area (Å²) >= 11 is 1.63. The summed E-state index contributed by atoms with van der Waals surface area (Å²) in [5.74, 6) is -0.208. The third kappa shape index (κ3) is 2.19. The van der Waals surface area contributed by atoms with Crippen molar-refractivity contribution < 1.29 is 9.53 Å². The Morgan fingerprint density at radius 1 is 1.50 bits per heavy atom. The zero-order chi connectivity index (χ0) is 13.1. The molecule has 2 N–H and O–H groups in total. The highest BCUT2D eigenvalue weighted by Gasteiger charge is 2.16. The van der Waals surface area contributed by atoms with Gasteiger partial charge in [0.2, 0.25) is 0 Å². The fourth-order valence-corrected chi connectivity index (χ4v) is 2.03. The number of carbonyl (C=O) groups is 1. The van der Waals surface area contributed by atoms with Crippen molar-refractivity contribution in [2.45, 2.75) is 4.90 Å². The number of hydrogen-bond donors (Lipinski definition) is 1. The van der Waals surface area contributed by atoms with E-state index in [0.717, 1.165) is 10.6 Å². The van der Waals surface area contributed by atoms with Crippen LogP contribution in [0.4, 0.5) is 5.82 Å². The van der Waals surface area contributed by atoms with E-state index in [0.29, 0.717) is 0 Å². The molecule has 1 heterocycles. The Balaban J connectivity index is 2.45. The Labute approximate surface area is 109 Å². The molecule has 0 amide bonds. The van der Waals surface area contributed by atoms with Crippen molar-refractivity contribution >= 4 is 23.5 Å². The maximum Gasteiger partial charge on any atom is 0.343 e. The number of thioether (sulfide) groups is 1. The van der Waals surface area contributed by atoms with Gasteiger partial charge in [-0.05, 0) is 24.5 Å². The summed E-state index contributed by atoms with van der Waals surface area (Å²) in [5, 5.41) is 4.11. The molecule has 18 heavy (non-hydrogen) atoms. The first-order chi connectivity index (χ1) is 8.67. The first-order valence-corrected chi connectivity index (χ1v) is 6.46. The largest absolute Gasteiger partial charge is 0.465 e. The van der Waals surface area contributed by atoms with Crippen LogP contribution in [0.15, 0.2) is 35.4 Å². The van der Waals surface area contributed by atoms with Gasteiger partial charge in [-0.3, -0.25) is 0 Å². The lowest BCUT2D eigenvalue weighted by atomic mass is 10.3. The minimum Gasteiger partial charge on any atom is -0.465 e. The SMILES string of the molecule is COC(=O)c1cnn(-c2cccc(SC)c2)c1N. The summed E-state index contributed by atoms with van der Waals surface area (Å²) in [4.78, 5) is 12.5. The van der Waals surface area contributed by atoms with Crippen LogP contribution in [0.2, 0.25) is 0 Å². The highest BCUT2D eigenvalue weighted by Crippen LogP contribution is 2.22. The van der Waals surface area contributed by atoms with Gasteiger partial charge in [0.15, 0.2) is 0 Å². The molecule has 94 valence electrons. The summed E-state index contributed by atoms with van der Waals surface area (Å²) in [6.07, 6.45) is 3.40. The summed E-state index contributed by atoms with van der Waals surface area (Å²) in [7, 11) is 1.31. The molecule has 2 rings (SSSR count). The molecule has 1 aromatic carbocycles. The maximum absolute atomic E-state index is 11.4. The number of hydrogen-bond acceptors (Lipinski definition) is 5. The van der Waals surface area contributed by atoms with Gasteiger partial charge in [-0.25, -0.2) is 9.48 Å².